The highest BCUT2D eigenvalue weighted by Gasteiger charge is 2.12. The van der Waals surface area contributed by atoms with E-state index in [0.29, 0.717) is 6.54 Å². The molecule has 0 saturated carbocycles. The summed E-state index contributed by atoms with van der Waals surface area (Å²) in [5.41, 5.74) is 1.87. The molecule has 118 valence electrons. The Bertz CT molecular complexity index is 1110. The highest BCUT2D eigenvalue weighted by molar-refractivity contribution is 5.92. The highest BCUT2D eigenvalue weighted by Crippen LogP contribution is 2.13. The van der Waals surface area contributed by atoms with Gasteiger partial charge in [0.1, 0.15) is 5.69 Å². The van der Waals surface area contributed by atoms with E-state index in [2.05, 4.69) is 20.3 Å². The lowest BCUT2D eigenvalue weighted by molar-refractivity contribution is 0.0946. The van der Waals surface area contributed by atoms with Gasteiger partial charge in [-0.15, -0.1) is 0 Å². The molecule has 4 aromatic rings. The maximum absolute atomic E-state index is 12.2. The van der Waals surface area contributed by atoms with Crippen molar-refractivity contribution in [3.8, 4) is 0 Å². The van der Waals surface area contributed by atoms with E-state index < -0.39 is 0 Å². The van der Waals surface area contributed by atoms with Crippen molar-refractivity contribution < 1.29 is 4.79 Å². The lowest BCUT2D eigenvalue weighted by Gasteiger charge is -2.04. The van der Waals surface area contributed by atoms with E-state index in [9.17, 15) is 9.59 Å². The van der Waals surface area contributed by atoms with Crippen molar-refractivity contribution >= 4 is 22.5 Å². The molecule has 1 amide bonds. The number of fused-ring (bicyclic) bond motifs is 2. The highest BCUT2D eigenvalue weighted by atomic mass is 16.2. The Balaban J connectivity index is 1.54. The van der Waals surface area contributed by atoms with Gasteiger partial charge in [0.2, 0.25) is 5.65 Å². The number of carbonyl (C=O) groups is 1. The summed E-state index contributed by atoms with van der Waals surface area (Å²) in [4.78, 5) is 34.8. The molecule has 0 saturated heterocycles. The van der Waals surface area contributed by atoms with Gasteiger partial charge in [-0.25, -0.2) is 4.98 Å². The number of imidazole rings is 1. The number of rotatable bonds is 3. The van der Waals surface area contributed by atoms with Crippen LogP contribution in [0.2, 0.25) is 0 Å². The molecule has 0 aliphatic carbocycles. The van der Waals surface area contributed by atoms with Gasteiger partial charge in [-0.1, -0.05) is 18.2 Å². The number of hydrogen-bond donors (Lipinski definition) is 2. The van der Waals surface area contributed by atoms with Gasteiger partial charge in [0.15, 0.2) is 0 Å². The van der Waals surface area contributed by atoms with Gasteiger partial charge in [0.25, 0.3) is 11.5 Å². The fraction of sp³-hybridized carbons (Fsp3) is 0.0588. The average Bonchev–Trinajstić information content (AvgIpc) is 3.05. The van der Waals surface area contributed by atoms with E-state index in [1.165, 1.54) is 16.8 Å². The van der Waals surface area contributed by atoms with Crippen molar-refractivity contribution in [2.24, 2.45) is 0 Å². The Labute approximate surface area is 136 Å². The van der Waals surface area contributed by atoms with Gasteiger partial charge < -0.3 is 14.7 Å². The van der Waals surface area contributed by atoms with Gasteiger partial charge in [-0.05, 0) is 17.7 Å². The molecule has 3 aromatic heterocycles. The van der Waals surface area contributed by atoms with Crippen LogP contribution in [0.4, 0.5) is 0 Å². The first-order valence-corrected chi connectivity index (χ1v) is 7.39. The average molecular weight is 319 g/mol. The second kappa shape index (κ2) is 5.62. The molecule has 0 atom stereocenters. The first kappa shape index (κ1) is 14.1. The van der Waals surface area contributed by atoms with Crippen LogP contribution in [0, 0.1) is 0 Å². The number of aromatic amines is 1. The molecule has 0 unspecified atom stereocenters. The summed E-state index contributed by atoms with van der Waals surface area (Å²) in [7, 11) is 0. The summed E-state index contributed by atoms with van der Waals surface area (Å²) in [6, 6.07) is 9.71. The molecule has 0 aliphatic rings. The van der Waals surface area contributed by atoms with Crippen LogP contribution < -0.4 is 10.9 Å². The fourth-order valence-corrected chi connectivity index (χ4v) is 2.54. The molecular formula is C17H13N5O2. The normalized spacial score (nSPS) is 11.0. The van der Waals surface area contributed by atoms with Crippen LogP contribution in [-0.4, -0.2) is 25.3 Å². The van der Waals surface area contributed by atoms with Crippen LogP contribution in [-0.2, 0) is 6.54 Å². The molecule has 0 aliphatic heterocycles. The number of nitrogens with one attached hydrogen (secondary N) is 2. The van der Waals surface area contributed by atoms with E-state index in [4.69, 9.17) is 0 Å². The minimum Gasteiger partial charge on any atom is -0.347 e. The summed E-state index contributed by atoms with van der Waals surface area (Å²) < 4.78 is 1.52. The molecule has 0 radical (unpaired) electrons. The molecule has 0 fully saturated rings. The largest absolute Gasteiger partial charge is 0.347 e. The van der Waals surface area contributed by atoms with Gasteiger partial charge >= 0.3 is 0 Å². The predicted molar refractivity (Wildman–Crippen MR) is 88.7 cm³/mol. The van der Waals surface area contributed by atoms with Crippen LogP contribution in [0.1, 0.15) is 16.1 Å². The van der Waals surface area contributed by atoms with Gasteiger partial charge in [-0.3, -0.25) is 14.6 Å². The lowest BCUT2D eigenvalue weighted by Crippen LogP contribution is -2.23. The molecule has 0 spiro atoms. The Morgan fingerprint density at radius 3 is 3.08 bits per heavy atom. The van der Waals surface area contributed by atoms with Crippen molar-refractivity contribution in [2.45, 2.75) is 6.54 Å². The molecule has 0 bridgehead atoms. The third kappa shape index (κ3) is 2.52. The van der Waals surface area contributed by atoms with Gasteiger partial charge in [-0.2, -0.15) is 0 Å². The molecule has 7 heteroatoms. The summed E-state index contributed by atoms with van der Waals surface area (Å²) in [6.07, 6.45) is 6.40. The lowest BCUT2D eigenvalue weighted by atomic mass is 10.1. The summed E-state index contributed by atoms with van der Waals surface area (Å²) in [5, 5.41) is 3.85. The van der Waals surface area contributed by atoms with Gasteiger partial charge in [0.05, 0.1) is 5.52 Å². The van der Waals surface area contributed by atoms with Crippen LogP contribution >= 0.6 is 0 Å². The third-order valence-corrected chi connectivity index (χ3v) is 3.74. The topological polar surface area (TPSA) is 92.2 Å². The first-order valence-electron chi connectivity index (χ1n) is 7.39. The number of carbonyl (C=O) groups excluding carboxylic acids is 1. The molecule has 7 nitrogen and oxygen atoms in total. The predicted octanol–water partition coefficient (Wildman–Crippen LogP) is 1.50. The van der Waals surface area contributed by atoms with Crippen LogP contribution in [0.15, 0.2) is 59.9 Å². The Morgan fingerprint density at radius 1 is 1.29 bits per heavy atom. The molecule has 2 N–H and O–H groups in total. The first-order chi connectivity index (χ1) is 11.7. The van der Waals surface area contributed by atoms with E-state index in [0.717, 1.165) is 16.5 Å². The van der Waals surface area contributed by atoms with E-state index in [1.54, 1.807) is 12.4 Å². The Morgan fingerprint density at radius 2 is 2.21 bits per heavy atom. The van der Waals surface area contributed by atoms with E-state index in [1.807, 2.05) is 30.3 Å². The number of hydrogen-bond acceptors (Lipinski definition) is 4. The van der Waals surface area contributed by atoms with Crippen LogP contribution in [0.5, 0.6) is 0 Å². The monoisotopic (exact) mass is 319 g/mol. The van der Waals surface area contributed by atoms with Crippen molar-refractivity contribution in [1.82, 2.24) is 24.7 Å². The number of benzene rings is 1. The molecule has 24 heavy (non-hydrogen) atoms. The van der Waals surface area contributed by atoms with E-state index >= 15 is 0 Å². The summed E-state index contributed by atoms with van der Waals surface area (Å²) in [6.45, 7) is 0.357. The van der Waals surface area contributed by atoms with Crippen LogP contribution in [0.3, 0.4) is 0 Å². The second-order valence-electron chi connectivity index (χ2n) is 5.36. The zero-order chi connectivity index (χ0) is 16.5. The molecule has 3 heterocycles. The quantitative estimate of drug-likeness (QED) is 0.598. The van der Waals surface area contributed by atoms with Crippen molar-refractivity contribution in [2.75, 3.05) is 0 Å². The second-order valence-corrected chi connectivity index (χ2v) is 5.36. The smallest absolute Gasteiger partial charge is 0.291 e. The summed E-state index contributed by atoms with van der Waals surface area (Å²) in [5.74, 6) is -0.334. The zero-order valence-electron chi connectivity index (χ0n) is 12.6. The van der Waals surface area contributed by atoms with Crippen LogP contribution in [0.25, 0.3) is 16.6 Å². The van der Waals surface area contributed by atoms with E-state index in [-0.39, 0.29) is 22.8 Å². The molecular weight excluding hydrogens is 306 g/mol. The number of pyridine rings is 1. The standard InChI is InChI=1S/C17H13N5O2/c23-16(14-10-22-7-6-19-17(24)15(22)21-14)20-9-11-3-4-12-2-1-5-18-13(12)8-11/h1-8,10H,9H2,(H,19,24)(H,20,23). The van der Waals surface area contributed by atoms with Crippen molar-refractivity contribution in [1.29, 1.82) is 0 Å². The van der Waals surface area contributed by atoms with Crippen molar-refractivity contribution in [3.05, 3.63) is 76.7 Å². The Hall–Kier alpha value is -3.48. The third-order valence-electron chi connectivity index (χ3n) is 3.74. The molecule has 4 rings (SSSR count). The van der Waals surface area contributed by atoms with Crippen molar-refractivity contribution in [3.63, 3.8) is 0 Å². The minimum absolute atomic E-state index is 0.192. The SMILES string of the molecule is O=C(NCc1ccc2cccnc2c1)c1cn2cc[nH]c(=O)c2n1. The number of nitrogens with zero attached hydrogens (tertiary/aromatic N) is 3. The van der Waals surface area contributed by atoms with Gasteiger partial charge in [0, 0.05) is 36.7 Å². The zero-order valence-corrected chi connectivity index (χ0v) is 12.6. The number of amides is 1. The maximum Gasteiger partial charge on any atom is 0.291 e. The minimum atomic E-state index is -0.336. The molecule has 1 aromatic carbocycles. The fourth-order valence-electron chi connectivity index (χ4n) is 2.54. The maximum atomic E-state index is 12.2. The summed E-state index contributed by atoms with van der Waals surface area (Å²) >= 11 is 0. The Kier molecular flexibility index (Phi) is 3.31. The number of aromatic nitrogens is 4. The number of H-pyrrole nitrogens is 1.